The lowest BCUT2D eigenvalue weighted by atomic mass is 10.1. The molecule has 0 aliphatic carbocycles. The van der Waals surface area contributed by atoms with Crippen molar-refractivity contribution < 1.29 is 4.79 Å². The van der Waals surface area contributed by atoms with Crippen LogP contribution in [0.2, 0.25) is 0 Å². The summed E-state index contributed by atoms with van der Waals surface area (Å²) >= 11 is 4.84. The van der Waals surface area contributed by atoms with Gasteiger partial charge in [-0.1, -0.05) is 13.8 Å². The third kappa shape index (κ3) is 6.06. The van der Waals surface area contributed by atoms with E-state index in [9.17, 15) is 4.79 Å². The van der Waals surface area contributed by atoms with Gasteiger partial charge in [0.25, 0.3) is 5.91 Å². The number of carbonyl (C=O) groups is 1. The van der Waals surface area contributed by atoms with Crippen molar-refractivity contribution in [2.24, 2.45) is 0 Å². The summed E-state index contributed by atoms with van der Waals surface area (Å²) in [4.78, 5) is 15.1. The average molecular weight is 347 g/mol. The molecular formula is C14H23BrN2OS. The van der Waals surface area contributed by atoms with Crippen LogP contribution in [0.3, 0.4) is 0 Å². The van der Waals surface area contributed by atoms with Crippen molar-refractivity contribution in [1.29, 1.82) is 0 Å². The van der Waals surface area contributed by atoms with Gasteiger partial charge in [-0.2, -0.15) is 0 Å². The summed E-state index contributed by atoms with van der Waals surface area (Å²) in [5, 5.41) is 3.05. The van der Waals surface area contributed by atoms with Crippen molar-refractivity contribution in [3.05, 3.63) is 20.8 Å². The third-order valence-electron chi connectivity index (χ3n) is 3.18. The van der Waals surface area contributed by atoms with Crippen LogP contribution in [-0.4, -0.2) is 36.5 Å². The smallest absolute Gasteiger partial charge is 0.261 e. The fraction of sp³-hybridized carbons (Fsp3) is 0.643. The van der Waals surface area contributed by atoms with Gasteiger partial charge in [0.2, 0.25) is 0 Å². The first kappa shape index (κ1) is 16.7. The van der Waals surface area contributed by atoms with Crippen LogP contribution >= 0.6 is 27.3 Å². The number of hydrogen-bond donors (Lipinski definition) is 1. The minimum absolute atomic E-state index is 0.0334. The summed E-state index contributed by atoms with van der Waals surface area (Å²) in [7, 11) is 0. The Kier molecular flexibility index (Phi) is 7.64. The topological polar surface area (TPSA) is 32.3 Å². The molecule has 0 saturated heterocycles. The zero-order valence-corrected chi connectivity index (χ0v) is 14.3. The molecule has 0 aliphatic heterocycles. The Bertz CT molecular complexity index is 391. The monoisotopic (exact) mass is 346 g/mol. The molecule has 0 aromatic carbocycles. The number of thiophene rings is 1. The maximum absolute atomic E-state index is 11.9. The summed E-state index contributed by atoms with van der Waals surface area (Å²) in [5.74, 6) is 0.0334. The van der Waals surface area contributed by atoms with Crippen LogP contribution in [0.5, 0.6) is 0 Å². The van der Waals surface area contributed by atoms with E-state index < -0.39 is 0 Å². The largest absolute Gasteiger partial charge is 0.349 e. The fourth-order valence-electron chi connectivity index (χ4n) is 1.96. The van der Waals surface area contributed by atoms with E-state index in [0.29, 0.717) is 0 Å². The first-order valence-electron chi connectivity index (χ1n) is 6.85. The summed E-state index contributed by atoms with van der Waals surface area (Å²) in [5.41, 5.74) is 0. The zero-order valence-electron chi connectivity index (χ0n) is 11.9. The van der Waals surface area contributed by atoms with Crippen LogP contribution in [0.1, 0.15) is 43.3 Å². The number of amides is 1. The van der Waals surface area contributed by atoms with E-state index in [1.165, 1.54) is 11.3 Å². The maximum Gasteiger partial charge on any atom is 0.261 e. The number of halogens is 1. The van der Waals surface area contributed by atoms with Gasteiger partial charge in [0.1, 0.15) is 0 Å². The molecule has 1 heterocycles. The number of rotatable bonds is 8. The second-order valence-corrected chi connectivity index (χ2v) is 7.11. The van der Waals surface area contributed by atoms with Crippen LogP contribution in [0.25, 0.3) is 0 Å². The van der Waals surface area contributed by atoms with Gasteiger partial charge in [-0.25, -0.2) is 0 Å². The summed E-state index contributed by atoms with van der Waals surface area (Å²) < 4.78 is 0.992. The lowest BCUT2D eigenvalue weighted by Crippen LogP contribution is -2.33. The molecule has 1 aromatic heterocycles. The molecule has 0 bridgehead atoms. The number of nitrogens with zero attached hydrogens (tertiary/aromatic N) is 1. The van der Waals surface area contributed by atoms with Gasteiger partial charge < -0.3 is 10.2 Å². The van der Waals surface area contributed by atoms with Crippen molar-refractivity contribution in [1.82, 2.24) is 10.2 Å². The molecule has 0 aliphatic rings. The van der Waals surface area contributed by atoms with Gasteiger partial charge in [-0.05, 0) is 67.5 Å². The molecule has 0 spiro atoms. The molecule has 0 saturated carbocycles. The van der Waals surface area contributed by atoms with Crippen LogP contribution in [-0.2, 0) is 0 Å². The number of hydrogen-bond acceptors (Lipinski definition) is 3. The summed E-state index contributed by atoms with van der Waals surface area (Å²) in [6, 6.07) is 3.99. The van der Waals surface area contributed by atoms with E-state index in [4.69, 9.17) is 0 Å². The lowest BCUT2D eigenvalue weighted by molar-refractivity contribution is 0.0941. The maximum atomic E-state index is 11.9. The Morgan fingerprint density at radius 2 is 2.11 bits per heavy atom. The molecule has 108 valence electrons. The minimum atomic E-state index is 0.0334. The van der Waals surface area contributed by atoms with Crippen LogP contribution in [0.15, 0.2) is 15.9 Å². The van der Waals surface area contributed by atoms with Gasteiger partial charge >= 0.3 is 0 Å². The van der Waals surface area contributed by atoms with E-state index in [2.05, 4.69) is 46.9 Å². The normalized spacial score (nSPS) is 12.7. The van der Waals surface area contributed by atoms with E-state index >= 15 is 0 Å². The Morgan fingerprint density at radius 3 is 2.63 bits per heavy atom. The standard InChI is InChI=1S/C14H23BrN2OS/c1-4-17(5-2)10-6-7-11(3)16-14(18)12-8-9-13(15)19-12/h8-9,11H,4-7,10H2,1-3H3,(H,16,18). The Hall–Kier alpha value is -0.390. The highest BCUT2D eigenvalue weighted by atomic mass is 79.9. The van der Waals surface area contributed by atoms with E-state index in [0.717, 1.165) is 41.1 Å². The molecular weight excluding hydrogens is 324 g/mol. The molecule has 1 amide bonds. The first-order chi connectivity index (χ1) is 9.06. The average Bonchev–Trinajstić information content (AvgIpc) is 2.81. The third-order valence-corrected chi connectivity index (χ3v) is 4.80. The highest BCUT2D eigenvalue weighted by Crippen LogP contribution is 2.22. The van der Waals surface area contributed by atoms with E-state index in [-0.39, 0.29) is 11.9 Å². The Balaban J connectivity index is 2.27. The highest BCUT2D eigenvalue weighted by Gasteiger charge is 2.11. The Labute approximate surface area is 128 Å². The zero-order chi connectivity index (χ0) is 14.3. The molecule has 1 atom stereocenters. The van der Waals surface area contributed by atoms with Crippen LogP contribution in [0.4, 0.5) is 0 Å². The molecule has 0 fully saturated rings. The predicted molar refractivity (Wildman–Crippen MR) is 86.0 cm³/mol. The van der Waals surface area contributed by atoms with E-state index in [1.54, 1.807) is 0 Å². The summed E-state index contributed by atoms with van der Waals surface area (Å²) in [6.07, 6.45) is 2.14. The fourth-order valence-corrected chi connectivity index (χ4v) is 3.25. The van der Waals surface area contributed by atoms with Crippen molar-refractivity contribution in [3.63, 3.8) is 0 Å². The molecule has 3 nitrogen and oxygen atoms in total. The number of nitrogens with one attached hydrogen (secondary N) is 1. The van der Waals surface area contributed by atoms with Crippen LogP contribution in [0, 0.1) is 0 Å². The van der Waals surface area contributed by atoms with Gasteiger partial charge in [0.05, 0.1) is 8.66 Å². The van der Waals surface area contributed by atoms with Gasteiger partial charge in [0, 0.05) is 6.04 Å². The SMILES string of the molecule is CCN(CC)CCCC(C)NC(=O)c1ccc(Br)s1. The van der Waals surface area contributed by atoms with Gasteiger partial charge in [-0.3, -0.25) is 4.79 Å². The predicted octanol–water partition coefficient (Wildman–Crippen LogP) is 3.75. The Morgan fingerprint density at radius 1 is 1.42 bits per heavy atom. The molecule has 1 unspecified atom stereocenters. The lowest BCUT2D eigenvalue weighted by Gasteiger charge is -2.19. The van der Waals surface area contributed by atoms with Gasteiger partial charge in [-0.15, -0.1) is 11.3 Å². The molecule has 0 radical (unpaired) electrons. The number of carbonyl (C=O) groups excluding carboxylic acids is 1. The summed E-state index contributed by atoms with van der Waals surface area (Å²) in [6.45, 7) is 9.74. The molecule has 5 heteroatoms. The molecule has 1 rings (SSSR count). The molecule has 1 aromatic rings. The minimum Gasteiger partial charge on any atom is -0.349 e. The molecule has 1 N–H and O–H groups in total. The van der Waals surface area contributed by atoms with Crippen molar-refractivity contribution in [2.75, 3.05) is 19.6 Å². The van der Waals surface area contributed by atoms with Crippen molar-refractivity contribution in [2.45, 2.75) is 39.7 Å². The van der Waals surface area contributed by atoms with E-state index in [1.807, 2.05) is 12.1 Å². The van der Waals surface area contributed by atoms with Gasteiger partial charge in [0.15, 0.2) is 0 Å². The van der Waals surface area contributed by atoms with Crippen molar-refractivity contribution >= 4 is 33.2 Å². The quantitative estimate of drug-likeness (QED) is 0.777. The van der Waals surface area contributed by atoms with Crippen LogP contribution < -0.4 is 5.32 Å². The second-order valence-electron chi connectivity index (χ2n) is 4.65. The molecule has 19 heavy (non-hydrogen) atoms. The second kappa shape index (κ2) is 8.72. The first-order valence-corrected chi connectivity index (χ1v) is 8.46. The van der Waals surface area contributed by atoms with Crippen molar-refractivity contribution in [3.8, 4) is 0 Å². The highest BCUT2D eigenvalue weighted by molar-refractivity contribution is 9.11.